The van der Waals surface area contributed by atoms with E-state index in [-0.39, 0.29) is 11.7 Å². The van der Waals surface area contributed by atoms with E-state index in [1.54, 1.807) is 24.5 Å². The van der Waals surface area contributed by atoms with E-state index in [2.05, 4.69) is 26.7 Å². The van der Waals surface area contributed by atoms with Crippen molar-refractivity contribution in [3.05, 3.63) is 48.2 Å². The summed E-state index contributed by atoms with van der Waals surface area (Å²) in [6, 6.07) is 6.48. The SMILES string of the molecule is CC1CCCN(c2cnc(C(=O)N3CCN(c4ccc(F)cc4)CC3)cn2)C1. The lowest BCUT2D eigenvalue weighted by Crippen LogP contribution is -2.49. The first kappa shape index (κ1) is 18.7. The summed E-state index contributed by atoms with van der Waals surface area (Å²) in [5, 5.41) is 0. The van der Waals surface area contributed by atoms with Gasteiger partial charge in [0.2, 0.25) is 0 Å². The first-order valence-electron chi connectivity index (χ1n) is 9.97. The molecule has 1 atom stereocenters. The van der Waals surface area contributed by atoms with Crippen molar-refractivity contribution < 1.29 is 9.18 Å². The second-order valence-corrected chi connectivity index (χ2v) is 7.71. The molecule has 28 heavy (non-hydrogen) atoms. The van der Waals surface area contributed by atoms with Crippen LogP contribution in [0.15, 0.2) is 36.7 Å². The Balaban J connectivity index is 1.35. The molecule has 1 unspecified atom stereocenters. The van der Waals surface area contributed by atoms with Crippen LogP contribution in [0.5, 0.6) is 0 Å². The highest BCUT2D eigenvalue weighted by Gasteiger charge is 2.24. The maximum atomic E-state index is 13.1. The van der Waals surface area contributed by atoms with Crippen LogP contribution in [0.4, 0.5) is 15.9 Å². The summed E-state index contributed by atoms with van der Waals surface area (Å²) in [6.45, 7) is 6.91. The highest BCUT2D eigenvalue weighted by molar-refractivity contribution is 5.92. The molecule has 0 bridgehead atoms. The number of hydrogen-bond donors (Lipinski definition) is 0. The van der Waals surface area contributed by atoms with E-state index in [1.165, 1.54) is 25.0 Å². The van der Waals surface area contributed by atoms with Crippen molar-refractivity contribution in [2.24, 2.45) is 5.92 Å². The van der Waals surface area contributed by atoms with Gasteiger partial charge in [0.25, 0.3) is 5.91 Å². The third kappa shape index (κ3) is 4.08. The average molecular weight is 383 g/mol. The number of halogens is 1. The number of piperazine rings is 1. The Morgan fingerprint density at radius 3 is 2.39 bits per heavy atom. The van der Waals surface area contributed by atoms with Crippen LogP contribution in [0, 0.1) is 11.7 Å². The standard InChI is InChI=1S/C21H26FN5O/c1-16-3-2-8-27(15-16)20-14-23-19(13-24-20)21(28)26-11-9-25(10-12-26)18-6-4-17(22)5-7-18/h4-7,13-14,16H,2-3,8-12,15H2,1H3. The minimum atomic E-state index is -0.237. The minimum Gasteiger partial charge on any atom is -0.368 e. The van der Waals surface area contributed by atoms with Gasteiger partial charge in [-0.15, -0.1) is 0 Å². The van der Waals surface area contributed by atoms with Crippen LogP contribution in [0.3, 0.4) is 0 Å². The molecule has 3 heterocycles. The molecule has 0 spiro atoms. The average Bonchev–Trinajstić information content (AvgIpc) is 2.74. The molecule has 1 aromatic carbocycles. The van der Waals surface area contributed by atoms with Crippen LogP contribution in [0.1, 0.15) is 30.3 Å². The van der Waals surface area contributed by atoms with E-state index < -0.39 is 0 Å². The predicted molar refractivity (Wildman–Crippen MR) is 107 cm³/mol. The van der Waals surface area contributed by atoms with Crippen LogP contribution in [-0.2, 0) is 0 Å². The number of nitrogens with zero attached hydrogens (tertiary/aromatic N) is 5. The number of hydrogen-bond acceptors (Lipinski definition) is 5. The van der Waals surface area contributed by atoms with E-state index in [4.69, 9.17) is 0 Å². The zero-order valence-corrected chi connectivity index (χ0v) is 16.2. The number of anilines is 2. The quantitative estimate of drug-likeness (QED) is 0.816. The van der Waals surface area contributed by atoms with Crippen LogP contribution in [0.25, 0.3) is 0 Å². The fourth-order valence-corrected chi connectivity index (χ4v) is 3.97. The van der Waals surface area contributed by atoms with E-state index in [0.717, 1.165) is 24.6 Å². The van der Waals surface area contributed by atoms with Crippen LogP contribution < -0.4 is 9.80 Å². The molecule has 2 aliphatic rings. The van der Waals surface area contributed by atoms with Gasteiger partial charge in [-0.3, -0.25) is 4.79 Å². The highest BCUT2D eigenvalue weighted by Crippen LogP contribution is 2.21. The summed E-state index contributed by atoms with van der Waals surface area (Å²) in [5.41, 5.74) is 1.37. The first-order chi connectivity index (χ1) is 13.6. The molecule has 4 rings (SSSR count). The minimum absolute atomic E-state index is 0.0789. The second-order valence-electron chi connectivity index (χ2n) is 7.71. The molecule has 6 nitrogen and oxygen atoms in total. The van der Waals surface area contributed by atoms with Crippen molar-refractivity contribution in [2.45, 2.75) is 19.8 Å². The van der Waals surface area contributed by atoms with E-state index in [1.807, 2.05) is 4.90 Å². The summed E-state index contributed by atoms with van der Waals surface area (Å²) in [5.74, 6) is 1.20. The van der Waals surface area contributed by atoms with Gasteiger partial charge >= 0.3 is 0 Å². The van der Waals surface area contributed by atoms with Gasteiger partial charge in [0.05, 0.1) is 12.4 Å². The second kappa shape index (κ2) is 8.12. The molecule has 7 heteroatoms. The Bertz CT molecular complexity index is 803. The normalized spacial score (nSPS) is 20.4. The number of benzene rings is 1. The van der Waals surface area contributed by atoms with Crippen molar-refractivity contribution in [1.29, 1.82) is 0 Å². The Morgan fingerprint density at radius 1 is 1.00 bits per heavy atom. The van der Waals surface area contributed by atoms with Gasteiger partial charge in [0.1, 0.15) is 17.3 Å². The molecule has 2 aliphatic heterocycles. The number of aromatic nitrogens is 2. The largest absolute Gasteiger partial charge is 0.368 e. The predicted octanol–water partition coefficient (Wildman–Crippen LogP) is 2.81. The third-order valence-electron chi connectivity index (χ3n) is 5.60. The maximum absolute atomic E-state index is 13.1. The van der Waals surface area contributed by atoms with Crippen molar-refractivity contribution >= 4 is 17.4 Å². The highest BCUT2D eigenvalue weighted by atomic mass is 19.1. The van der Waals surface area contributed by atoms with Gasteiger partial charge in [-0.25, -0.2) is 14.4 Å². The lowest BCUT2D eigenvalue weighted by Gasteiger charge is -2.36. The van der Waals surface area contributed by atoms with Gasteiger partial charge in [-0.2, -0.15) is 0 Å². The first-order valence-corrected chi connectivity index (χ1v) is 9.97. The topological polar surface area (TPSA) is 52.6 Å². The molecular weight excluding hydrogens is 357 g/mol. The van der Waals surface area contributed by atoms with Crippen molar-refractivity contribution in [3.63, 3.8) is 0 Å². The Hall–Kier alpha value is -2.70. The molecule has 0 aliphatic carbocycles. The van der Waals surface area contributed by atoms with Crippen molar-refractivity contribution in [3.8, 4) is 0 Å². The smallest absolute Gasteiger partial charge is 0.274 e. The van der Waals surface area contributed by atoms with Gasteiger partial charge in [0, 0.05) is 45.0 Å². The maximum Gasteiger partial charge on any atom is 0.274 e. The molecule has 1 aromatic heterocycles. The molecule has 1 amide bonds. The fraction of sp³-hybridized carbons (Fsp3) is 0.476. The summed E-state index contributed by atoms with van der Waals surface area (Å²) in [4.78, 5) is 27.9. The Kier molecular flexibility index (Phi) is 5.41. The molecule has 2 aromatic rings. The fourth-order valence-electron chi connectivity index (χ4n) is 3.97. The van der Waals surface area contributed by atoms with Crippen LogP contribution in [0.2, 0.25) is 0 Å². The summed E-state index contributed by atoms with van der Waals surface area (Å²) < 4.78 is 13.1. The van der Waals surface area contributed by atoms with Crippen LogP contribution >= 0.6 is 0 Å². The monoisotopic (exact) mass is 383 g/mol. The molecule has 2 saturated heterocycles. The summed E-state index contributed by atoms with van der Waals surface area (Å²) in [6.07, 6.45) is 5.75. The Labute approximate surface area is 165 Å². The molecule has 148 valence electrons. The molecular formula is C21H26FN5O. The molecule has 0 N–H and O–H groups in total. The number of carbonyl (C=O) groups excluding carboxylic acids is 1. The van der Waals surface area contributed by atoms with Gasteiger partial charge in [-0.05, 0) is 43.0 Å². The molecule has 0 radical (unpaired) electrons. The van der Waals surface area contributed by atoms with Crippen molar-refractivity contribution in [1.82, 2.24) is 14.9 Å². The van der Waals surface area contributed by atoms with Gasteiger partial charge in [-0.1, -0.05) is 6.92 Å². The summed E-state index contributed by atoms with van der Waals surface area (Å²) in [7, 11) is 0. The Morgan fingerprint density at radius 2 is 1.75 bits per heavy atom. The lowest BCUT2D eigenvalue weighted by atomic mass is 10.0. The number of piperidine rings is 1. The lowest BCUT2D eigenvalue weighted by molar-refractivity contribution is 0.0740. The van der Waals surface area contributed by atoms with E-state index in [0.29, 0.717) is 37.8 Å². The zero-order valence-electron chi connectivity index (χ0n) is 16.2. The van der Waals surface area contributed by atoms with E-state index in [9.17, 15) is 9.18 Å². The third-order valence-corrected chi connectivity index (χ3v) is 5.60. The van der Waals surface area contributed by atoms with Crippen molar-refractivity contribution in [2.75, 3.05) is 49.1 Å². The number of amides is 1. The van der Waals surface area contributed by atoms with Gasteiger partial charge < -0.3 is 14.7 Å². The summed E-state index contributed by atoms with van der Waals surface area (Å²) >= 11 is 0. The van der Waals surface area contributed by atoms with Gasteiger partial charge in [0.15, 0.2) is 0 Å². The zero-order chi connectivity index (χ0) is 19.5. The molecule has 0 saturated carbocycles. The number of rotatable bonds is 3. The number of carbonyl (C=O) groups is 1. The van der Waals surface area contributed by atoms with E-state index >= 15 is 0 Å². The van der Waals surface area contributed by atoms with Crippen LogP contribution in [-0.4, -0.2) is 60.0 Å². The molecule has 2 fully saturated rings.